The highest BCUT2D eigenvalue weighted by atomic mass is 16.5. The second-order valence-electron chi connectivity index (χ2n) is 5.09. The molecule has 3 heterocycles. The lowest BCUT2D eigenvalue weighted by Crippen LogP contribution is -1.86. The summed E-state index contributed by atoms with van der Waals surface area (Å²) in [7, 11) is 1.86. The van der Waals surface area contributed by atoms with Gasteiger partial charge in [-0.05, 0) is 24.0 Å². The van der Waals surface area contributed by atoms with Crippen LogP contribution in [0.5, 0.6) is 0 Å². The van der Waals surface area contributed by atoms with E-state index in [1.54, 1.807) is 17.1 Å². The summed E-state index contributed by atoms with van der Waals surface area (Å²) in [5, 5.41) is 8.15. The lowest BCUT2D eigenvalue weighted by atomic mass is 10.1. The van der Waals surface area contributed by atoms with Gasteiger partial charge in [-0.25, -0.2) is 0 Å². The fraction of sp³-hybridized carbons (Fsp3) is 0.286. The van der Waals surface area contributed by atoms with Crippen molar-refractivity contribution in [2.24, 2.45) is 7.05 Å². The van der Waals surface area contributed by atoms with Crippen molar-refractivity contribution < 1.29 is 4.52 Å². The van der Waals surface area contributed by atoms with Crippen molar-refractivity contribution >= 4 is 0 Å². The number of hydrogen-bond donors (Lipinski definition) is 0. The second-order valence-corrected chi connectivity index (χ2v) is 5.09. The Bertz CT molecular complexity index is 733. The van der Waals surface area contributed by atoms with Crippen LogP contribution < -0.4 is 0 Å². The van der Waals surface area contributed by atoms with Gasteiger partial charge >= 0.3 is 0 Å². The maximum atomic E-state index is 5.39. The zero-order chi connectivity index (χ0) is 13.5. The van der Waals surface area contributed by atoms with E-state index >= 15 is 0 Å². The van der Waals surface area contributed by atoms with E-state index in [0.29, 0.717) is 23.6 Å². The minimum absolute atomic E-state index is 0.317. The average molecular weight is 267 g/mol. The Morgan fingerprint density at radius 1 is 1.30 bits per heavy atom. The van der Waals surface area contributed by atoms with Crippen LogP contribution in [-0.2, 0) is 7.05 Å². The zero-order valence-corrected chi connectivity index (χ0v) is 11.0. The molecule has 0 spiro atoms. The van der Waals surface area contributed by atoms with Gasteiger partial charge in [-0.1, -0.05) is 11.2 Å². The molecule has 0 bridgehead atoms. The highest BCUT2D eigenvalue weighted by Crippen LogP contribution is 2.53. The predicted octanol–water partition coefficient (Wildman–Crippen LogP) is 2.14. The third kappa shape index (κ3) is 1.89. The van der Waals surface area contributed by atoms with Gasteiger partial charge in [-0.15, -0.1) is 0 Å². The zero-order valence-electron chi connectivity index (χ0n) is 11.0. The van der Waals surface area contributed by atoms with Gasteiger partial charge in [-0.3, -0.25) is 9.67 Å². The van der Waals surface area contributed by atoms with Crippen LogP contribution in [0.2, 0.25) is 0 Å². The molecule has 0 unspecified atom stereocenters. The monoisotopic (exact) mass is 267 g/mol. The van der Waals surface area contributed by atoms with Gasteiger partial charge in [0.2, 0.25) is 11.7 Å². The standard InChI is InChI=1S/C14H13N5O/c1-19-8-10(7-16-19)13-17-14(20-18-13)12-5-11(12)9-3-2-4-15-6-9/h2-4,6-8,11-12H,5H2,1H3/t11-,12-/m0/s1. The normalized spacial score (nSPS) is 21.1. The van der Waals surface area contributed by atoms with E-state index in [1.165, 1.54) is 5.56 Å². The Morgan fingerprint density at radius 3 is 3.00 bits per heavy atom. The first kappa shape index (κ1) is 11.3. The lowest BCUT2D eigenvalue weighted by Gasteiger charge is -1.95. The molecule has 1 fully saturated rings. The quantitative estimate of drug-likeness (QED) is 0.727. The number of rotatable bonds is 3. The van der Waals surface area contributed by atoms with Gasteiger partial charge in [0, 0.05) is 31.6 Å². The van der Waals surface area contributed by atoms with E-state index in [1.807, 2.05) is 25.5 Å². The SMILES string of the molecule is Cn1cc(-c2noc([C@H]3C[C@H]3c3cccnc3)n2)cn1. The molecule has 0 N–H and O–H groups in total. The Kier molecular flexibility index (Phi) is 2.42. The first-order valence-electron chi connectivity index (χ1n) is 6.54. The molecule has 0 radical (unpaired) electrons. The van der Waals surface area contributed by atoms with Crippen LogP contribution in [0.15, 0.2) is 41.4 Å². The van der Waals surface area contributed by atoms with Crippen LogP contribution in [0.3, 0.4) is 0 Å². The van der Waals surface area contributed by atoms with Crippen LogP contribution in [0.4, 0.5) is 0 Å². The predicted molar refractivity (Wildman–Crippen MR) is 70.8 cm³/mol. The summed E-state index contributed by atoms with van der Waals surface area (Å²) in [5.41, 5.74) is 2.11. The molecule has 0 aromatic carbocycles. The first-order valence-corrected chi connectivity index (χ1v) is 6.54. The Hall–Kier alpha value is -2.50. The van der Waals surface area contributed by atoms with Gasteiger partial charge in [0.25, 0.3) is 0 Å². The van der Waals surface area contributed by atoms with E-state index in [4.69, 9.17) is 4.52 Å². The highest BCUT2D eigenvalue weighted by molar-refractivity contribution is 5.51. The molecule has 0 saturated heterocycles. The summed E-state index contributed by atoms with van der Waals surface area (Å²) >= 11 is 0. The maximum absolute atomic E-state index is 5.39. The van der Waals surface area contributed by atoms with Gasteiger partial charge in [-0.2, -0.15) is 10.1 Å². The van der Waals surface area contributed by atoms with Crippen LogP contribution >= 0.6 is 0 Å². The highest BCUT2D eigenvalue weighted by Gasteiger charge is 2.43. The topological polar surface area (TPSA) is 69.6 Å². The smallest absolute Gasteiger partial charge is 0.230 e. The summed E-state index contributed by atoms with van der Waals surface area (Å²) < 4.78 is 7.11. The van der Waals surface area contributed by atoms with E-state index in [9.17, 15) is 0 Å². The molecule has 1 aliphatic rings. The fourth-order valence-corrected chi connectivity index (χ4v) is 2.47. The largest absolute Gasteiger partial charge is 0.339 e. The van der Waals surface area contributed by atoms with E-state index in [2.05, 4.69) is 26.3 Å². The van der Waals surface area contributed by atoms with Gasteiger partial charge < -0.3 is 4.52 Å². The van der Waals surface area contributed by atoms with E-state index in [-0.39, 0.29) is 0 Å². The Balaban J connectivity index is 1.56. The number of aromatic nitrogens is 5. The molecule has 1 saturated carbocycles. The second kappa shape index (κ2) is 4.26. The average Bonchev–Trinajstić information content (AvgIpc) is 2.91. The third-order valence-electron chi connectivity index (χ3n) is 3.63. The molecule has 4 rings (SSSR count). The lowest BCUT2D eigenvalue weighted by molar-refractivity contribution is 0.378. The van der Waals surface area contributed by atoms with Gasteiger partial charge in [0.05, 0.1) is 11.8 Å². The van der Waals surface area contributed by atoms with Crippen molar-refractivity contribution in [2.75, 3.05) is 0 Å². The Labute approximate surface area is 115 Å². The molecule has 6 heteroatoms. The summed E-state index contributed by atoms with van der Waals surface area (Å²) in [6.07, 6.45) is 8.35. The number of hydrogen-bond acceptors (Lipinski definition) is 5. The van der Waals surface area contributed by atoms with E-state index in [0.717, 1.165) is 12.0 Å². The van der Waals surface area contributed by atoms with Crippen molar-refractivity contribution in [1.29, 1.82) is 0 Å². The number of pyridine rings is 1. The number of nitrogens with zero attached hydrogens (tertiary/aromatic N) is 5. The summed E-state index contributed by atoms with van der Waals surface area (Å²) in [6.45, 7) is 0. The summed E-state index contributed by atoms with van der Waals surface area (Å²) in [4.78, 5) is 8.63. The molecule has 100 valence electrons. The van der Waals surface area contributed by atoms with Crippen LogP contribution in [0, 0.1) is 0 Å². The molecular weight excluding hydrogens is 254 g/mol. The molecule has 3 aromatic heterocycles. The van der Waals surface area contributed by atoms with Crippen LogP contribution in [0.25, 0.3) is 11.4 Å². The number of aryl methyl sites for hydroxylation is 1. The maximum Gasteiger partial charge on any atom is 0.230 e. The van der Waals surface area contributed by atoms with Crippen molar-refractivity contribution in [2.45, 2.75) is 18.3 Å². The molecule has 3 aromatic rings. The van der Waals surface area contributed by atoms with Crippen LogP contribution in [0.1, 0.15) is 29.7 Å². The molecule has 6 nitrogen and oxygen atoms in total. The van der Waals surface area contributed by atoms with Crippen molar-refractivity contribution in [1.82, 2.24) is 24.9 Å². The van der Waals surface area contributed by atoms with Crippen LogP contribution in [-0.4, -0.2) is 24.9 Å². The molecule has 0 amide bonds. The van der Waals surface area contributed by atoms with Crippen molar-refractivity contribution in [3.05, 3.63) is 48.4 Å². The third-order valence-corrected chi connectivity index (χ3v) is 3.63. The summed E-state index contributed by atoms with van der Waals surface area (Å²) in [5.74, 6) is 2.07. The van der Waals surface area contributed by atoms with Crippen molar-refractivity contribution in [3.63, 3.8) is 0 Å². The summed E-state index contributed by atoms with van der Waals surface area (Å²) in [6, 6.07) is 4.05. The van der Waals surface area contributed by atoms with Gasteiger partial charge in [0.1, 0.15) is 0 Å². The fourth-order valence-electron chi connectivity index (χ4n) is 2.47. The van der Waals surface area contributed by atoms with Gasteiger partial charge in [0.15, 0.2) is 0 Å². The minimum atomic E-state index is 0.317. The molecule has 1 aliphatic carbocycles. The molecule has 2 atom stereocenters. The first-order chi connectivity index (χ1) is 9.81. The molecule has 20 heavy (non-hydrogen) atoms. The molecule has 0 aliphatic heterocycles. The van der Waals surface area contributed by atoms with E-state index < -0.39 is 0 Å². The molecular formula is C14H13N5O. The Morgan fingerprint density at radius 2 is 2.25 bits per heavy atom. The minimum Gasteiger partial charge on any atom is -0.339 e. The van der Waals surface area contributed by atoms with Crippen molar-refractivity contribution in [3.8, 4) is 11.4 Å².